The van der Waals surface area contributed by atoms with Gasteiger partial charge in [0, 0.05) is 20.3 Å². The summed E-state index contributed by atoms with van der Waals surface area (Å²) in [5.74, 6) is 2.82. The molecule has 0 radical (unpaired) electrons. The maximum Gasteiger partial charge on any atom is 0.0493 e. The van der Waals surface area contributed by atoms with Crippen LogP contribution in [0.1, 0.15) is 157 Å². The lowest BCUT2D eigenvalue weighted by Gasteiger charge is -2.54. The molecule has 0 spiro atoms. The van der Waals surface area contributed by atoms with Gasteiger partial charge in [-0.15, -0.1) is 0 Å². The number of rotatable bonds is 14. The first kappa shape index (κ1) is 28.4. The Hall–Kier alpha value is 0.150. The van der Waals surface area contributed by atoms with E-state index in [1.54, 1.807) is 0 Å². The van der Waals surface area contributed by atoms with Gasteiger partial charge in [0.15, 0.2) is 0 Å². The second-order valence-corrected chi connectivity index (χ2v) is 14.6. The van der Waals surface area contributed by atoms with Crippen LogP contribution < -0.4 is 0 Å². The van der Waals surface area contributed by atoms with Crippen LogP contribution in [0, 0.1) is 23.7 Å². The molecule has 0 aromatic carbocycles. The summed E-state index contributed by atoms with van der Waals surface area (Å²) in [6.07, 6.45) is 23.3. The number of unbranched alkanes of at least 4 members (excludes halogenated alkanes) is 2. The van der Waals surface area contributed by atoms with Crippen molar-refractivity contribution in [2.75, 3.05) is 0 Å². The Morgan fingerprint density at radius 2 is 1.12 bits per heavy atom. The maximum absolute atomic E-state index is 15.3. The zero-order valence-corrected chi connectivity index (χ0v) is 23.7. The van der Waals surface area contributed by atoms with Crippen molar-refractivity contribution in [3.8, 4) is 0 Å². The van der Waals surface area contributed by atoms with E-state index in [4.69, 9.17) is 0 Å². The summed E-state index contributed by atoms with van der Waals surface area (Å²) in [7, 11) is -0.710. The van der Waals surface area contributed by atoms with Crippen molar-refractivity contribution < 1.29 is 4.21 Å². The van der Waals surface area contributed by atoms with Crippen molar-refractivity contribution in [2.45, 2.75) is 167 Å². The van der Waals surface area contributed by atoms with Crippen molar-refractivity contribution in [3.63, 3.8) is 0 Å². The van der Waals surface area contributed by atoms with Gasteiger partial charge in [-0.05, 0) is 87.9 Å². The highest BCUT2D eigenvalue weighted by atomic mass is 32.2. The van der Waals surface area contributed by atoms with Crippen molar-refractivity contribution in [3.05, 3.63) is 0 Å². The maximum atomic E-state index is 15.3. The largest absolute Gasteiger partial charge is 0.258 e. The van der Waals surface area contributed by atoms with E-state index in [2.05, 4.69) is 41.5 Å². The van der Waals surface area contributed by atoms with Crippen molar-refractivity contribution in [1.29, 1.82) is 0 Å². The van der Waals surface area contributed by atoms with Gasteiger partial charge in [-0.25, -0.2) is 0 Å². The average Bonchev–Trinajstić information content (AvgIpc) is 2.79. The molecule has 2 heteroatoms. The quantitative estimate of drug-likeness (QED) is 0.249. The fourth-order valence-electron chi connectivity index (χ4n) is 7.08. The van der Waals surface area contributed by atoms with E-state index >= 15 is 4.21 Å². The lowest BCUT2D eigenvalue weighted by Crippen LogP contribution is -2.57. The van der Waals surface area contributed by atoms with E-state index in [9.17, 15) is 0 Å². The highest BCUT2D eigenvalue weighted by Gasteiger charge is 2.55. The zero-order valence-electron chi connectivity index (χ0n) is 22.9. The van der Waals surface area contributed by atoms with E-state index < -0.39 is 10.8 Å². The van der Waals surface area contributed by atoms with Crippen molar-refractivity contribution in [2.24, 2.45) is 23.7 Å². The molecule has 0 amide bonds. The molecular formula is C30H58OS. The molecule has 0 heterocycles. The first-order valence-corrected chi connectivity index (χ1v) is 15.9. The van der Waals surface area contributed by atoms with Gasteiger partial charge in [-0.3, -0.25) is 4.21 Å². The lowest BCUT2D eigenvalue weighted by molar-refractivity contribution is 0.194. The fraction of sp³-hybridized carbons (Fsp3) is 1.00. The van der Waals surface area contributed by atoms with Crippen LogP contribution in [0.15, 0.2) is 0 Å². The standard InChI is InChI=1S/C30H58OS/c1-7-9-15-27-17-11-13-21-29(27,23-19-25(3)4)32(31)30(24-20-26(5)6)22-14-12-18-28(30)16-10-8-2/h25-28H,7-24H2,1-6H3. The molecule has 0 aromatic rings. The summed E-state index contributed by atoms with van der Waals surface area (Å²) in [5.41, 5.74) is 0. The van der Waals surface area contributed by atoms with Crippen LogP contribution in [0.5, 0.6) is 0 Å². The van der Waals surface area contributed by atoms with Crippen molar-refractivity contribution in [1.82, 2.24) is 0 Å². The monoisotopic (exact) mass is 466 g/mol. The van der Waals surface area contributed by atoms with E-state index in [1.807, 2.05) is 0 Å². The molecule has 2 rings (SSSR count). The molecule has 0 aromatic heterocycles. The van der Waals surface area contributed by atoms with Crippen LogP contribution in [0.25, 0.3) is 0 Å². The van der Waals surface area contributed by atoms with Gasteiger partial charge in [0.2, 0.25) is 0 Å². The minimum atomic E-state index is -0.710. The van der Waals surface area contributed by atoms with Crippen LogP contribution >= 0.6 is 0 Å². The molecule has 190 valence electrons. The molecule has 2 aliphatic rings. The second-order valence-electron chi connectivity index (χ2n) is 12.4. The predicted octanol–water partition coefficient (Wildman–Crippen LogP) is 9.85. The Labute approximate surface area is 205 Å². The molecular weight excluding hydrogens is 408 g/mol. The molecule has 2 saturated carbocycles. The minimum absolute atomic E-state index is 0.0937. The third kappa shape index (κ3) is 7.08. The first-order chi connectivity index (χ1) is 15.3. The second kappa shape index (κ2) is 13.9. The average molecular weight is 467 g/mol. The Morgan fingerprint density at radius 3 is 1.47 bits per heavy atom. The van der Waals surface area contributed by atoms with E-state index in [-0.39, 0.29) is 9.49 Å². The Kier molecular flexibility index (Phi) is 12.3. The summed E-state index contributed by atoms with van der Waals surface area (Å²) >= 11 is 0. The molecule has 2 aliphatic carbocycles. The smallest absolute Gasteiger partial charge is 0.0493 e. The van der Waals surface area contributed by atoms with Crippen LogP contribution in [0.4, 0.5) is 0 Å². The molecule has 0 N–H and O–H groups in total. The number of hydrogen-bond donors (Lipinski definition) is 0. The lowest BCUT2D eigenvalue weighted by atomic mass is 9.72. The molecule has 2 fully saturated rings. The Morgan fingerprint density at radius 1 is 0.719 bits per heavy atom. The van der Waals surface area contributed by atoms with Crippen LogP contribution in [0.2, 0.25) is 0 Å². The highest BCUT2D eigenvalue weighted by molar-refractivity contribution is 7.88. The van der Waals surface area contributed by atoms with Gasteiger partial charge in [-0.1, -0.05) is 92.9 Å². The summed E-state index contributed by atoms with van der Waals surface area (Å²) in [4.78, 5) is 0. The Balaban J connectivity index is 2.49. The van der Waals surface area contributed by atoms with Crippen LogP contribution in [-0.4, -0.2) is 13.7 Å². The molecule has 0 saturated heterocycles. The highest BCUT2D eigenvalue weighted by Crippen LogP contribution is 2.54. The molecule has 0 bridgehead atoms. The van der Waals surface area contributed by atoms with Gasteiger partial charge >= 0.3 is 0 Å². The van der Waals surface area contributed by atoms with Crippen molar-refractivity contribution >= 4 is 10.8 Å². The molecule has 0 aliphatic heterocycles. The summed E-state index contributed by atoms with van der Waals surface area (Å²) in [6.45, 7) is 14.2. The summed E-state index contributed by atoms with van der Waals surface area (Å²) in [5, 5.41) is 0. The zero-order chi connectivity index (χ0) is 23.6. The van der Waals surface area contributed by atoms with Gasteiger partial charge < -0.3 is 0 Å². The van der Waals surface area contributed by atoms with Crippen LogP contribution in [-0.2, 0) is 10.8 Å². The van der Waals surface area contributed by atoms with E-state index in [0.717, 1.165) is 0 Å². The van der Waals surface area contributed by atoms with Gasteiger partial charge in [0.05, 0.1) is 0 Å². The molecule has 4 atom stereocenters. The Bertz CT molecular complexity index is 495. The SMILES string of the molecule is CCCCC1CCCCC1(CCC(C)C)S(=O)C1(CCC(C)C)CCCCC1CCCC. The third-order valence-corrected chi connectivity index (χ3v) is 12.1. The fourth-order valence-corrected chi connectivity index (χ4v) is 10.2. The molecule has 1 nitrogen and oxygen atoms in total. The van der Waals surface area contributed by atoms with Gasteiger partial charge in [-0.2, -0.15) is 0 Å². The van der Waals surface area contributed by atoms with Gasteiger partial charge in [0.25, 0.3) is 0 Å². The topological polar surface area (TPSA) is 17.1 Å². The first-order valence-electron chi connectivity index (χ1n) is 14.7. The molecule has 4 unspecified atom stereocenters. The summed E-state index contributed by atoms with van der Waals surface area (Å²) < 4.78 is 15.5. The van der Waals surface area contributed by atoms with Crippen LogP contribution in [0.3, 0.4) is 0 Å². The van der Waals surface area contributed by atoms with E-state index in [0.29, 0.717) is 23.7 Å². The third-order valence-electron chi connectivity index (χ3n) is 9.13. The minimum Gasteiger partial charge on any atom is -0.258 e. The normalized spacial score (nSPS) is 32.5. The van der Waals surface area contributed by atoms with Gasteiger partial charge in [0.1, 0.15) is 0 Å². The predicted molar refractivity (Wildman–Crippen MR) is 145 cm³/mol. The molecule has 32 heavy (non-hydrogen) atoms. The summed E-state index contributed by atoms with van der Waals surface area (Å²) in [6, 6.07) is 0. The number of hydrogen-bond acceptors (Lipinski definition) is 1. The van der Waals surface area contributed by atoms with E-state index in [1.165, 1.54) is 116 Å².